The second-order valence-corrected chi connectivity index (χ2v) is 7.29. The van der Waals surface area contributed by atoms with Gasteiger partial charge in [0.15, 0.2) is 5.96 Å². The number of rotatable bonds is 8. The van der Waals surface area contributed by atoms with Crippen molar-refractivity contribution in [2.45, 2.75) is 37.2 Å². The Labute approximate surface area is 178 Å². The van der Waals surface area contributed by atoms with Crippen molar-refractivity contribution in [3.8, 4) is 0 Å². The average molecular weight is 494 g/mol. The monoisotopic (exact) mass is 493 g/mol. The van der Waals surface area contributed by atoms with E-state index >= 15 is 0 Å². The van der Waals surface area contributed by atoms with Crippen LogP contribution in [0.2, 0.25) is 5.02 Å². The molecule has 2 aliphatic rings. The van der Waals surface area contributed by atoms with Crippen molar-refractivity contribution < 1.29 is 9.47 Å². The highest BCUT2D eigenvalue weighted by Gasteiger charge is 2.44. The number of aliphatic imine (C=N–C) groups is 1. The highest BCUT2D eigenvalue weighted by atomic mass is 127. The van der Waals surface area contributed by atoms with Crippen LogP contribution in [0.3, 0.4) is 0 Å². The van der Waals surface area contributed by atoms with E-state index in [9.17, 15) is 0 Å². The molecule has 0 aromatic heterocycles. The fraction of sp³-hybridized carbons (Fsp3) is 0.632. The maximum atomic E-state index is 5.99. The van der Waals surface area contributed by atoms with Gasteiger partial charge in [-0.2, -0.15) is 0 Å². The Morgan fingerprint density at radius 3 is 2.69 bits per heavy atom. The van der Waals surface area contributed by atoms with E-state index in [1.807, 2.05) is 19.2 Å². The van der Waals surface area contributed by atoms with Crippen LogP contribution in [0.5, 0.6) is 0 Å². The molecule has 0 bridgehead atoms. The lowest BCUT2D eigenvalue weighted by Crippen LogP contribution is -2.41. The van der Waals surface area contributed by atoms with Crippen LogP contribution in [0.25, 0.3) is 0 Å². The van der Waals surface area contributed by atoms with E-state index in [1.54, 1.807) is 0 Å². The van der Waals surface area contributed by atoms with Crippen LogP contribution in [-0.2, 0) is 14.9 Å². The number of halogens is 2. The Morgan fingerprint density at radius 1 is 1.31 bits per heavy atom. The molecule has 1 saturated carbocycles. The second kappa shape index (κ2) is 10.7. The third kappa shape index (κ3) is 6.25. The van der Waals surface area contributed by atoms with Crippen LogP contribution in [0.15, 0.2) is 29.3 Å². The molecule has 0 spiro atoms. The Kier molecular flexibility index (Phi) is 8.93. The number of ether oxygens (including phenoxy) is 2. The maximum absolute atomic E-state index is 5.99. The third-order valence-electron chi connectivity index (χ3n) is 4.98. The third-order valence-corrected chi connectivity index (χ3v) is 5.23. The lowest BCUT2D eigenvalue weighted by Gasteiger charge is -2.19. The van der Waals surface area contributed by atoms with Gasteiger partial charge in [0.1, 0.15) is 0 Å². The van der Waals surface area contributed by atoms with Crippen molar-refractivity contribution >= 4 is 41.5 Å². The van der Waals surface area contributed by atoms with Crippen LogP contribution in [0, 0.1) is 0 Å². The zero-order valence-electron chi connectivity index (χ0n) is 15.3. The molecule has 26 heavy (non-hydrogen) atoms. The molecule has 1 atom stereocenters. The molecule has 1 aromatic carbocycles. The number of hydrogen-bond acceptors (Lipinski definition) is 3. The van der Waals surface area contributed by atoms with Crippen LogP contribution >= 0.6 is 35.6 Å². The Morgan fingerprint density at radius 2 is 2.08 bits per heavy atom. The summed E-state index contributed by atoms with van der Waals surface area (Å²) in [5.41, 5.74) is 1.58. The summed E-state index contributed by atoms with van der Waals surface area (Å²) in [5, 5.41) is 7.61. The summed E-state index contributed by atoms with van der Waals surface area (Å²) in [6.07, 6.45) is 4.67. The summed E-state index contributed by atoms with van der Waals surface area (Å²) >= 11 is 5.99. The molecule has 2 fully saturated rings. The van der Waals surface area contributed by atoms with Crippen molar-refractivity contribution in [2.75, 3.05) is 40.0 Å². The lowest BCUT2D eigenvalue weighted by molar-refractivity contribution is 0.0420. The molecule has 1 aliphatic carbocycles. The number of benzene rings is 1. The van der Waals surface area contributed by atoms with Crippen molar-refractivity contribution in [1.29, 1.82) is 0 Å². The van der Waals surface area contributed by atoms with Gasteiger partial charge in [-0.25, -0.2) is 0 Å². The van der Waals surface area contributed by atoms with Gasteiger partial charge in [-0.3, -0.25) is 4.99 Å². The summed E-state index contributed by atoms with van der Waals surface area (Å²) < 4.78 is 11.1. The number of nitrogens with one attached hydrogen (secondary N) is 2. The van der Waals surface area contributed by atoms with E-state index in [2.05, 4.69) is 27.8 Å². The molecule has 0 radical (unpaired) electrons. The Hall–Kier alpha value is -0.570. The first kappa shape index (κ1) is 21.7. The largest absolute Gasteiger partial charge is 0.379 e. The van der Waals surface area contributed by atoms with Gasteiger partial charge in [0.2, 0.25) is 0 Å². The normalized spacial score (nSPS) is 21.2. The number of nitrogens with zero attached hydrogens (tertiary/aromatic N) is 1. The summed E-state index contributed by atoms with van der Waals surface area (Å²) in [5.74, 6) is 0.851. The smallest absolute Gasteiger partial charge is 0.191 e. The molecule has 3 rings (SSSR count). The van der Waals surface area contributed by atoms with E-state index < -0.39 is 0 Å². The highest BCUT2D eigenvalue weighted by Crippen LogP contribution is 2.47. The number of guanidine groups is 1. The van der Waals surface area contributed by atoms with Crippen molar-refractivity contribution in [1.82, 2.24) is 10.6 Å². The highest BCUT2D eigenvalue weighted by molar-refractivity contribution is 14.0. The summed E-state index contributed by atoms with van der Waals surface area (Å²) in [6, 6.07) is 8.22. The quantitative estimate of drug-likeness (QED) is 0.252. The molecule has 7 heteroatoms. The van der Waals surface area contributed by atoms with Gasteiger partial charge in [-0.05, 0) is 43.4 Å². The van der Waals surface area contributed by atoms with Crippen molar-refractivity contribution in [3.05, 3.63) is 34.9 Å². The first-order valence-electron chi connectivity index (χ1n) is 9.12. The van der Waals surface area contributed by atoms with Gasteiger partial charge in [-0.15, -0.1) is 24.0 Å². The molecular weight excluding hydrogens is 465 g/mol. The van der Waals surface area contributed by atoms with Gasteiger partial charge < -0.3 is 20.1 Å². The minimum Gasteiger partial charge on any atom is -0.379 e. The van der Waals surface area contributed by atoms with Crippen LogP contribution in [0.4, 0.5) is 0 Å². The van der Waals surface area contributed by atoms with Crippen LogP contribution < -0.4 is 10.6 Å². The number of hydrogen-bond donors (Lipinski definition) is 2. The first-order valence-corrected chi connectivity index (χ1v) is 9.50. The topological polar surface area (TPSA) is 54.9 Å². The van der Waals surface area contributed by atoms with Crippen molar-refractivity contribution in [2.24, 2.45) is 4.99 Å². The maximum Gasteiger partial charge on any atom is 0.191 e. The van der Waals surface area contributed by atoms with E-state index in [0.717, 1.165) is 56.7 Å². The minimum atomic E-state index is 0. The van der Waals surface area contributed by atoms with E-state index in [4.69, 9.17) is 21.1 Å². The fourth-order valence-electron chi connectivity index (χ4n) is 3.17. The summed E-state index contributed by atoms with van der Waals surface area (Å²) in [6.45, 7) is 4.07. The Bertz CT molecular complexity index is 573. The first-order chi connectivity index (χ1) is 12.2. The van der Waals surface area contributed by atoms with Crippen LogP contribution in [-0.4, -0.2) is 52.0 Å². The standard InChI is InChI=1S/C19H28ClN3O2.HI/c1-21-18(22-10-2-11-25-17-7-12-24-13-17)23-14-19(8-9-19)15-3-5-16(20)6-4-15;/h3-6,17H,2,7-14H2,1H3,(H2,21,22,23);1H. The molecule has 1 unspecified atom stereocenters. The Balaban J connectivity index is 0.00000243. The van der Waals surface area contributed by atoms with E-state index in [-0.39, 0.29) is 35.5 Å². The molecule has 146 valence electrons. The zero-order chi connectivity index (χ0) is 17.5. The average Bonchev–Trinajstić information content (AvgIpc) is 3.24. The minimum absolute atomic E-state index is 0. The van der Waals surface area contributed by atoms with Gasteiger partial charge in [-0.1, -0.05) is 23.7 Å². The van der Waals surface area contributed by atoms with Gasteiger partial charge in [0.25, 0.3) is 0 Å². The molecule has 2 N–H and O–H groups in total. The molecule has 5 nitrogen and oxygen atoms in total. The second-order valence-electron chi connectivity index (χ2n) is 6.85. The van der Waals surface area contributed by atoms with Crippen molar-refractivity contribution in [3.63, 3.8) is 0 Å². The van der Waals surface area contributed by atoms with Gasteiger partial charge in [0, 0.05) is 43.8 Å². The molecule has 1 heterocycles. The molecular formula is C19H29ClIN3O2. The predicted molar refractivity (Wildman–Crippen MR) is 117 cm³/mol. The van der Waals surface area contributed by atoms with Crippen LogP contribution in [0.1, 0.15) is 31.2 Å². The SMILES string of the molecule is CN=C(NCCCOC1CCOC1)NCC1(c2ccc(Cl)cc2)CC1.I. The van der Waals surface area contributed by atoms with Gasteiger partial charge >= 0.3 is 0 Å². The van der Waals surface area contributed by atoms with Gasteiger partial charge in [0.05, 0.1) is 12.7 Å². The molecule has 1 saturated heterocycles. The summed E-state index contributed by atoms with van der Waals surface area (Å²) in [7, 11) is 1.81. The van der Waals surface area contributed by atoms with E-state index in [1.165, 1.54) is 18.4 Å². The predicted octanol–water partition coefficient (Wildman–Crippen LogP) is 3.35. The molecule has 1 aliphatic heterocycles. The molecule has 1 aromatic rings. The summed E-state index contributed by atoms with van der Waals surface area (Å²) in [4.78, 5) is 4.31. The molecule has 0 amide bonds. The zero-order valence-corrected chi connectivity index (χ0v) is 18.4. The van der Waals surface area contributed by atoms with E-state index in [0.29, 0.717) is 0 Å². The fourth-order valence-corrected chi connectivity index (χ4v) is 3.29. The lowest BCUT2D eigenvalue weighted by atomic mass is 9.96.